The fourth-order valence-electron chi connectivity index (χ4n) is 2.17. The van der Waals surface area contributed by atoms with Gasteiger partial charge in [0.05, 0.1) is 11.0 Å². The summed E-state index contributed by atoms with van der Waals surface area (Å²) in [5, 5.41) is 6.73. The van der Waals surface area contributed by atoms with Crippen LogP contribution in [-0.4, -0.2) is 29.6 Å². The molecule has 0 spiro atoms. The summed E-state index contributed by atoms with van der Waals surface area (Å²) in [4.78, 5) is 7.76. The molecule has 1 fully saturated rings. The molecule has 1 atom stereocenters. The summed E-state index contributed by atoms with van der Waals surface area (Å²) in [6.45, 7) is 3.26. The fourth-order valence-corrected chi connectivity index (χ4v) is 2.17. The average Bonchev–Trinajstić information content (AvgIpc) is 2.95. The summed E-state index contributed by atoms with van der Waals surface area (Å²) in [5.41, 5.74) is 2.11. The van der Waals surface area contributed by atoms with Gasteiger partial charge in [-0.15, -0.1) is 0 Å². The van der Waals surface area contributed by atoms with E-state index in [-0.39, 0.29) is 0 Å². The van der Waals surface area contributed by atoms with E-state index in [1.54, 1.807) is 0 Å². The molecule has 0 saturated carbocycles. The van der Waals surface area contributed by atoms with Crippen molar-refractivity contribution in [2.75, 3.05) is 25.0 Å². The molecule has 2 aromatic rings. The highest BCUT2D eigenvalue weighted by Gasteiger charge is 2.14. The molecule has 1 aliphatic heterocycles. The van der Waals surface area contributed by atoms with Crippen LogP contribution < -0.4 is 10.6 Å². The lowest BCUT2D eigenvalue weighted by atomic mass is 10.1. The van der Waals surface area contributed by atoms with Gasteiger partial charge in [0.1, 0.15) is 0 Å². The van der Waals surface area contributed by atoms with Crippen molar-refractivity contribution in [1.82, 2.24) is 15.3 Å². The Labute approximate surface area is 94.5 Å². The van der Waals surface area contributed by atoms with Gasteiger partial charge in [-0.05, 0) is 37.6 Å². The maximum absolute atomic E-state index is 4.49. The molecular weight excluding hydrogens is 200 g/mol. The van der Waals surface area contributed by atoms with Crippen molar-refractivity contribution in [2.24, 2.45) is 5.92 Å². The van der Waals surface area contributed by atoms with Crippen LogP contribution in [0.5, 0.6) is 0 Å². The van der Waals surface area contributed by atoms with Crippen molar-refractivity contribution in [3.05, 3.63) is 24.3 Å². The van der Waals surface area contributed by atoms with Gasteiger partial charge in [-0.1, -0.05) is 12.1 Å². The Morgan fingerprint density at radius 3 is 3.12 bits per heavy atom. The van der Waals surface area contributed by atoms with Gasteiger partial charge in [-0.3, -0.25) is 0 Å². The fraction of sp³-hybridized carbons (Fsp3) is 0.417. The van der Waals surface area contributed by atoms with Crippen LogP contribution in [0.1, 0.15) is 6.42 Å². The molecule has 1 aromatic heterocycles. The highest BCUT2D eigenvalue weighted by atomic mass is 15.1. The third-order valence-electron chi connectivity index (χ3n) is 3.11. The van der Waals surface area contributed by atoms with E-state index in [1.165, 1.54) is 6.42 Å². The summed E-state index contributed by atoms with van der Waals surface area (Å²) in [6.07, 6.45) is 1.26. The van der Waals surface area contributed by atoms with Crippen LogP contribution in [0.4, 0.5) is 5.95 Å². The third kappa shape index (κ3) is 1.88. The van der Waals surface area contributed by atoms with E-state index < -0.39 is 0 Å². The maximum atomic E-state index is 4.49. The first kappa shape index (κ1) is 9.66. The number of anilines is 1. The molecule has 0 radical (unpaired) electrons. The molecular formula is C12H16N4. The van der Waals surface area contributed by atoms with Crippen LogP contribution in [0.25, 0.3) is 11.0 Å². The number of hydrogen-bond acceptors (Lipinski definition) is 3. The molecule has 0 bridgehead atoms. The maximum Gasteiger partial charge on any atom is 0.201 e. The molecule has 3 rings (SSSR count). The standard InChI is InChI=1S/C12H16N4/c1-2-4-11-10(3-1)15-12(16-11)14-8-9-5-6-13-7-9/h1-4,9,13H,5-8H2,(H2,14,15,16)/t9-/m0/s1. The zero-order valence-electron chi connectivity index (χ0n) is 9.16. The van der Waals surface area contributed by atoms with Gasteiger partial charge in [-0.25, -0.2) is 4.98 Å². The van der Waals surface area contributed by atoms with Crippen molar-refractivity contribution in [1.29, 1.82) is 0 Å². The van der Waals surface area contributed by atoms with E-state index in [0.717, 1.165) is 42.5 Å². The smallest absolute Gasteiger partial charge is 0.201 e. The van der Waals surface area contributed by atoms with Crippen molar-refractivity contribution in [3.8, 4) is 0 Å². The molecule has 0 unspecified atom stereocenters. The Morgan fingerprint density at radius 2 is 2.31 bits per heavy atom. The topological polar surface area (TPSA) is 52.7 Å². The largest absolute Gasteiger partial charge is 0.355 e. The molecule has 2 heterocycles. The van der Waals surface area contributed by atoms with Crippen LogP contribution in [0.3, 0.4) is 0 Å². The molecule has 4 nitrogen and oxygen atoms in total. The van der Waals surface area contributed by atoms with E-state index in [0.29, 0.717) is 0 Å². The third-order valence-corrected chi connectivity index (χ3v) is 3.11. The number of nitrogens with zero attached hydrogens (tertiary/aromatic N) is 1. The highest BCUT2D eigenvalue weighted by molar-refractivity contribution is 5.77. The number of fused-ring (bicyclic) bond motifs is 1. The molecule has 1 saturated heterocycles. The second-order valence-electron chi connectivity index (χ2n) is 4.34. The van der Waals surface area contributed by atoms with Gasteiger partial charge in [0.15, 0.2) is 0 Å². The van der Waals surface area contributed by atoms with Crippen molar-refractivity contribution >= 4 is 17.0 Å². The minimum atomic E-state index is 0.730. The molecule has 3 N–H and O–H groups in total. The van der Waals surface area contributed by atoms with E-state index in [2.05, 4.69) is 20.6 Å². The van der Waals surface area contributed by atoms with Gasteiger partial charge in [0.25, 0.3) is 0 Å². The number of nitrogens with one attached hydrogen (secondary N) is 3. The van der Waals surface area contributed by atoms with Crippen LogP contribution >= 0.6 is 0 Å². The molecule has 84 valence electrons. The number of H-pyrrole nitrogens is 1. The Balaban J connectivity index is 1.69. The first-order chi connectivity index (χ1) is 7.92. The molecule has 0 aliphatic carbocycles. The summed E-state index contributed by atoms with van der Waals surface area (Å²) < 4.78 is 0. The number of para-hydroxylation sites is 2. The zero-order chi connectivity index (χ0) is 10.8. The van der Waals surface area contributed by atoms with Gasteiger partial charge in [0, 0.05) is 6.54 Å². The second kappa shape index (κ2) is 4.14. The van der Waals surface area contributed by atoms with Gasteiger partial charge >= 0.3 is 0 Å². The van der Waals surface area contributed by atoms with Crippen LogP contribution in [0, 0.1) is 5.92 Å². The predicted octanol–water partition coefficient (Wildman–Crippen LogP) is 1.58. The monoisotopic (exact) mass is 216 g/mol. The lowest BCUT2D eigenvalue weighted by Gasteiger charge is -2.08. The van der Waals surface area contributed by atoms with E-state index >= 15 is 0 Å². The Kier molecular flexibility index (Phi) is 2.50. The summed E-state index contributed by atoms with van der Waals surface area (Å²) in [6, 6.07) is 8.10. The number of benzene rings is 1. The number of aromatic nitrogens is 2. The van der Waals surface area contributed by atoms with Crippen molar-refractivity contribution in [2.45, 2.75) is 6.42 Å². The summed E-state index contributed by atoms with van der Waals surface area (Å²) in [5.74, 6) is 1.61. The van der Waals surface area contributed by atoms with Gasteiger partial charge in [0.2, 0.25) is 5.95 Å². The molecule has 1 aromatic carbocycles. The molecule has 0 amide bonds. The van der Waals surface area contributed by atoms with Crippen LogP contribution in [-0.2, 0) is 0 Å². The van der Waals surface area contributed by atoms with Gasteiger partial charge < -0.3 is 15.6 Å². The first-order valence-electron chi connectivity index (χ1n) is 5.81. The van der Waals surface area contributed by atoms with Gasteiger partial charge in [-0.2, -0.15) is 0 Å². The SMILES string of the molecule is c1ccc2[nH]c(NC[C@H]3CCNC3)nc2c1. The summed E-state index contributed by atoms with van der Waals surface area (Å²) >= 11 is 0. The van der Waals surface area contributed by atoms with Crippen LogP contribution in [0.2, 0.25) is 0 Å². The Bertz CT molecular complexity index is 438. The lowest BCUT2D eigenvalue weighted by Crippen LogP contribution is -2.17. The average molecular weight is 216 g/mol. The molecule has 4 heteroatoms. The van der Waals surface area contributed by atoms with E-state index in [9.17, 15) is 0 Å². The first-order valence-corrected chi connectivity index (χ1v) is 5.81. The number of aromatic amines is 1. The highest BCUT2D eigenvalue weighted by Crippen LogP contribution is 2.14. The lowest BCUT2D eigenvalue weighted by molar-refractivity contribution is 0.613. The van der Waals surface area contributed by atoms with Crippen LogP contribution in [0.15, 0.2) is 24.3 Å². The minimum Gasteiger partial charge on any atom is -0.355 e. The zero-order valence-corrected chi connectivity index (χ0v) is 9.16. The molecule has 16 heavy (non-hydrogen) atoms. The normalized spacial score (nSPS) is 20.4. The van der Waals surface area contributed by atoms with E-state index in [4.69, 9.17) is 0 Å². The number of hydrogen-bond donors (Lipinski definition) is 3. The van der Waals surface area contributed by atoms with Crippen molar-refractivity contribution < 1.29 is 0 Å². The second-order valence-corrected chi connectivity index (χ2v) is 4.34. The predicted molar refractivity (Wildman–Crippen MR) is 65.6 cm³/mol. The Morgan fingerprint density at radius 1 is 1.38 bits per heavy atom. The summed E-state index contributed by atoms with van der Waals surface area (Å²) in [7, 11) is 0. The van der Waals surface area contributed by atoms with E-state index in [1.807, 2.05) is 24.3 Å². The molecule has 1 aliphatic rings. The minimum absolute atomic E-state index is 0.730. The van der Waals surface area contributed by atoms with Crippen molar-refractivity contribution in [3.63, 3.8) is 0 Å². The number of rotatable bonds is 3. The number of imidazole rings is 1. The quantitative estimate of drug-likeness (QED) is 0.730. The Hall–Kier alpha value is -1.55.